The van der Waals surface area contributed by atoms with Crippen LogP contribution in [-0.2, 0) is 0 Å². The Hall–Kier alpha value is -0.0800. The van der Waals surface area contributed by atoms with Crippen LogP contribution in [0.15, 0.2) is 0 Å². The summed E-state index contributed by atoms with van der Waals surface area (Å²) < 4.78 is 0. The van der Waals surface area contributed by atoms with Gasteiger partial charge in [0.05, 0.1) is 0 Å². The highest BCUT2D eigenvalue weighted by atomic mass is 16.5. The monoisotopic (exact) mass is 256 g/mol. The van der Waals surface area contributed by atoms with E-state index in [2.05, 4.69) is 13.8 Å². The third-order valence-corrected chi connectivity index (χ3v) is 3.52. The molecule has 0 aliphatic rings. The quantitative estimate of drug-likeness (QED) is 0.303. The number of hydroxylamine groups is 2. The predicted molar refractivity (Wildman–Crippen MR) is 81.7 cm³/mol. The van der Waals surface area contributed by atoms with Crippen molar-refractivity contribution in [1.82, 2.24) is 5.06 Å². The molecule has 0 atom stereocenters. The van der Waals surface area contributed by atoms with E-state index in [4.69, 9.17) is 0 Å². The minimum atomic E-state index is 0.751. The van der Waals surface area contributed by atoms with Crippen LogP contribution in [0.2, 0.25) is 0 Å². The summed E-state index contributed by atoms with van der Waals surface area (Å²) in [6.45, 7) is 5.97. The fourth-order valence-electron chi connectivity index (χ4n) is 2.25. The van der Waals surface area contributed by atoms with E-state index < -0.39 is 0 Å². The summed E-state index contributed by atoms with van der Waals surface area (Å²) >= 11 is 0. The second-order valence-corrected chi connectivity index (χ2v) is 5.46. The Kier molecular flexibility index (Phi) is 14.9. The first-order valence-electron chi connectivity index (χ1n) is 8.23. The molecule has 0 aliphatic carbocycles. The first-order valence-corrected chi connectivity index (χ1v) is 8.23. The summed E-state index contributed by atoms with van der Waals surface area (Å²) in [7, 11) is 0. The number of hydrogen-bond acceptors (Lipinski definition) is 2. The van der Waals surface area contributed by atoms with E-state index in [1.165, 1.54) is 69.3 Å². The maximum absolute atomic E-state index is 11.5. The van der Waals surface area contributed by atoms with Crippen molar-refractivity contribution < 1.29 is 0 Å². The molecule has 18 heavy (non-hydrogen) atoms. The molecule has 2 nitrogen and oxygen atoms in total. The number of nitrogens with zero attached hydrogens (tertiary/aromatic N) is 1. The van der Waals surface area contributed by atoms with Gasteiger partial charge < -0.3 is 10.3 Å². The summed E-state index contributed by atoms with van der Waals surface area (Å²) in [5.41, 5.74) is 0. The summed E-state index contributed by atoms with van der Waals surface area (Å²) in [5, 5.41) is 12.8. The SMILES string of the molecule is CCCCCCCCN([O-])CCCCCCCC. The van der Waals surface area contributed by atoms with E-state index in [0.29, 0.717) is 0 Å². The molecule has 0 heterocycles. The molecule has 0 fully saturated rings. The molecule has 0 saturated heterocycles. The normalized spacial score (nSPS) is 11.3. The second-order valence-electron chi connectivity index (χ2n) is 5.46. The zero-order valence-electron chi connectivity index (χ0n) is 12.8. The zero-order valence-corrected chi connectivity index (χ0v) is 12.8. The van der Waals surface area contributed by atoms with Crippen LogP contribution in [0.5, 0.6) is 0 Å². The van der Waals surface area contributed by atoms with Crippen molar-refractivity contribution in [3.63, 3.8) is 0 Å². The third-order valence-electron chi connectivity index (χ3n) is 3.52. The van der Waals surface area contributed by atoms with E-state index in [0.717, 1.165) is 25.9 Å². The van der Waals surface area contributed by atoms with Crippen LogP contribution < -0.4 is 0 Å². The van der Waals surface area contributed by atoms with E-state index in [-0.39, 0.29) is 0 Å². The van der Waals surface area contributed by atoms with E-state index in [1.54, 1.807) is 0 Å². The van der Waals surface area contributed by atoms with Crippen molar-refractivity contribution in [2.24, 2.45) is 0 Å². The minimum Gasteiger partial charge on any atom is -0.785 e. The molecule has 2 heteroatoms. The van der Waals surface area contributed by atoms with Gasteiger partial charge in [0.1, 0.15) is 0 Å². The Morgan fingerprint density at radius 1 is 0.556 bits per heavy atom. The molecular formula is C16H34NO-. The lowest BCUT2D eigenvalue weighted by molar-refractivity contribution is 0.351. The Bertz CT molecular complexity index is 134. The molecule has 0 unspecified atom stereocenters. The lowest BCUT2D eigenvalue weighted by atomic mass is 10.1. The number of hydrogen-bond donors (Lipinski definition) is 0. The van der Waals surface area contributed by atoms with Crippen LogP contribution in [0.25, 0.3) is 0 Å². The maximum Gasteiger partial charge on any atom is -0.0145 e. The predicted octanol–water partition coefficient (Wildman–Crippen LogP) is 5.51. The fraction of sp³-hybridized carbons (Fsp3) is 1.00. The third kappa shape index (κ3) is 14.0. The van der Waals surface area contributed by atoms with Gasteiger partial charge in [-0.1, -0.05) is 78.1 Å². The van der Waals surface area contributed by atoms with E-state index in [1.807, 2.05) is 0 Å². The highest BCUT2D eigenvalue weighted by Crippen LogP contribution is 2.08. The first-order chi connectivity index (χ1) is 8.81. The lowest BCUT2D eigenvalue weighted by Crippen LogP contribution is -2.18. The highest BCUT2D eigenvalue weighted by molar-refractivity contribution is 4.58. The summed E-state index contributed by atoms with van der Waals surface area (Å²) in [5.74, 6) is 0. The Labute approximate surface area is 115 Å². The average molecular weight is 256 g/mol. The van der Waals surface area contributed by atoms with Gasteiger partial charge >= 0.3 is 0 Å². The van der Waals surface area contributed by atoms with Crippen LogP contribution in [0.1, 0.15) is 90.9 Å². The topological polar surface area (TPSA) is 26.3 Å². The van der Waals surface area contributed by atoms with Gasteiger partial charge in [-0.25, -0.2) is 0 Å². The molecule has 0 aliphatic heterocycles. The van der Waals surface area contributed by atoms with Crippen LogP contribution in [0.4, 0.5) is 0 Å². The summed E-state index contributed by atoms with van der Waals surface area (Å²) in [6.07, 6.45) is 15.2. The minimum absolute atomic E-state index is 0.751. The smallest absolute Gasteiger partial charge is 0.0145 e. The molecular weight excluding hydrogens is 222 g/mol. The Morgan fingerprint density at radius 2 is 0.889 bits per heavy atom. The Balaban J connectivity index is 3.10. The molecule has 0 aromatic carbocycles. The molecule has 0 aromatic rings. The van der Waals surface area contributed by atoms with Crippen molar-refractivity contribution in [2.45, 2.75) is 90.9 Å². The largest absolute Gasteiger partial charge is 0.785 e. The van der Waals surface area contributed by atoms with E-state index >= 15 is 0 Å². The molecule has 0 saturated carbocycles. The summed E-state index contributed by atoms with van der Waals surface area (Å²) in [4.78, 5) is 0. The van der Waals surface area contributed by atoms with Crippen LogP contribution in [0, 0.1) is 5.21 Å². The van der Waals surface area contributed by atoms with Gasteiger partial charge in [0.25, 0.3) is 0 Å². The second kappa shape index (κ2) is 15.0. The standard InChI is InChI=1S/C16H34NO/c1-3-5-7-9-11-13-15-17(18)16-14-12-10-8-6-4-2/h3-16H2,1-2H3/q-1. The highest BCUT2D eigenvalue weighted by Gasteiger charge is 1.94. The van der Waals surface area contributed by atoms with Crippen molar-refractivity contribution in [3.8, 4) is 0 Å². The van der Waals surface area contributed by atoms with Gasteiger partial charge in [-0.3, -0.25) is 0 Å². The lowest BCUT2D eigenvalue weighted by Gasteiger charge is -2.27. The zero-order chi connectivity index (χ0) is 13.5. The maximum atomic E-state index is 11.5. The summed E-state index contributed by atoms with van der Waals surface area (Å²) in [6, 6.07) is 0. The van der Waals surface area contributed by atoms with Gasteiger partial charge in [0, 0.05) is 0 Å². The molecule has 0 rings (SSSR count). The van der Waals surface area contributed by atoms with Gasteiger partial charge in [-0.05, 0) is 25.9 Å². The average Bonchev–Trinajstić information content (AvgIpc) is 2.38. The Morgan fingerprint density at radius 3 is 1.28 bits per heavy atom. The van der Waals surface area contributed by atoms with Crippen LogP contribution >= 0.6 is 0 Å². The molecule has 0 aromatic heterocycles. The van der Waals surface area contributed by atoms with Crippen molar-refractivity contribution in [1.29, 1.82) is 0 Å². The van der Waals surface area contributed by atoms with Crippen molar-refractivity contribution in [3.05, 3.63) is 5.21 Å². The molecule has 0 radical (unpaired) electrons. The van der Waals surface area contributed by atoms with E-state index in [9.17, 15) is 5.21 Å². The van der Waals surface area contributed by atoms with Gasteiger partial charge in [-0.2, -0.15) is 0 Å². The molecule has 0 amide bonds. The number of unbranched alkanes of at least 4 members (excludes halogenated alkanes) is 10. The molecule has 0 spiro atoms. The van der Waals surface area contributed by atoms with Crippen molar-refractivity contribution in [2.75, 3.05) is 13.1 Å². The number of rotatable bonds is 14. The molecule has 0 bridgehead atoms. The van der Waals surface area contributed by atoms with Gasteiger partial charge in [0.2, 0.25) is 0 Å². The van der Waals surface area contributed by atoms with Gasteiger partial charge in [0.15, 0.2) is 0 Å². The van der Waals surface area contributed by atoms with Crippen LogP contribution in [0.3, 0.4) is 0 Å². The molecule has 0 N–H and O–H groups in total. The molecule has 110 valence electrons. The van der Waals surface area contributed by atoms with Crippen molar-refractivity contribution >= 4 is 0 Å². The first kappa shape index (κ1) is 17.9. The van der Waals surface area contributed by atoms with Crippen LogP contribution in [-0.4, -0.2) is 18.2 Å². The van der Waals surface area contributed by atoms with Gasteiger partial charge in [-0.15, -0.1) is 0 Å². The fourth-order valence-corrected chi connectivity index (χ4v) is 2.25.